The summed E-state index contributed by atoms with van der Waals surface area (Å²) in [6.45, 7) is 1.52. The molecule has 0 aliphatic heterocycles. The van der Waals surface area contributed by atoms with Crippen molar-refractivity contribution in [1.29, 1.82) is 0 Å². The topological polar surface area (TPSA) is 63.6 Å². The molecule has 0 amide bonds. The molecule has 12 heavy (non-hydrogen) atoms. The molecule has 0 bridgehead atoms. The summed E-state index contributed by atoms with van der Waals surface area (Å²) in [5, 5.41) is 6.87. The van der Waals surface area contributed by atoms with Gasteiger partial charge in [-0.3, -0.25) is 0 Å². The van der Waals surface area contributed by atoms with Gasteiger partial charge < -0.3 is 0 Å². The zero-order chi connectivity index (χ0) is 8.98. The number of nitrogens with one attached hydrogen (secondary N) is 1. The van der Waals surface area contributed by atoms with Crippen LogP contribution in [-0.2, 0) is 5.54 Å². The second-order valence-electron chi connectivity index (χ2n) is 3.07. The fourth-order valence-electron chi connectivity index (χ4n) is 1.14. The van der Waals surface area contributed by atoms with Crippen molar-refractivity contribution in [3.8, 4) is 0 Å². The van der Waals surface area contributed by atoms with E-state index < -0.39 is 16.4 Å². The number of rotatable bonds is 1. The number of nitrogens with zero attached hydrogens (tertiary/aromatic N) is 3. The lowest BCUT2D eigenvalue weighted by molar-refractivity contribution is 0.304. The Morgan fingerprint density at radius 3 is 2.75 bits per heavy atom. The number of hydrogen-bond acceptors (Lipinski definition) is 3. The van der Waals surface area contributed by atoms with Crippen LogP contribution in [0.25, 0.3) is 0 Å². The summed E-state index contributed by atoms with van der Waals surface area (Å²) in [7, 11) is 0. The second-order valence-corrected chi connectivity index (χ2v) is 3.67. The van der Waals surface area contributed by atoms with Crippen molar-refractivity contribution in [2.45, 2.75) is 24.0 Å². The monoisotopic (exact) mass is 192 g/mol. The first-order valence-electron chi connectivity index (χ1n) is 3.36. The van der Waals surface area contributed by atoms with E-state index in [0.717, 1.165) is 4.68 Å². The highest BCUT2D eigenvalue weighted by Crippen LogP contribution is 2.58. The van der Waals surface area contributed by atoms with Gasteiger partial charge in [0, 0.05) is 6.42 Å². The molecule has 1 aliphatic rings. The molecule has 1 N–H and O–H groups in total. The van der Waals surface area contributed by atoms with Gasteiger partial charge in [0.2, 0.25) is 5.13 Å². The molecular weight excluding hydrogens is 187 g/mol. The van der Waals surface area contributed by atoms with Crippen molar-refractivity contribution in [1.82, 2.24) is 20.2 Å². The van der Waals surface area contributed by atoms with Crippen LogP contribution in [0.5, 0.6) is 0 Å². The molecule has 5 nitrogen and oxygen atoms in total. The number of tetrazole rings is 1. The molecule has 66 valence electrons. The van der Waals surface area contributed by atoms with Crippen LogP contribution in [0.2, 0.25) is 0 Å². The Morgan fingerprint density at radius 2 is 2.42 bits per heavy atom. The number of aromatic nitrogens is 4. The molecule has 1 aromatic heterocycles. The molecule has 1 aromatic rings. The highest BCUT2D eigenvalue weighted by molar-refractivity contribution is 6.25. The molecule has 2 rings (SSSR count). The molecule has 7 heteroatoms. The fourth-order valence-corrected chi connectivity index (χ4v) is 1.48. The highest BCUT2D eigenvalue weighted by Gasteiger charge is 2.69. The van der Waals surface area contributed by atoms with Crippen molar-refractivity contribution in [2.75, 3.05) is 0 Å². The molecule has 0 saturated heterocycles. The van der Waals surface area contributed by atoms with Crippen molar-refractivity contribution in [3.05, 3.63) is 10.5 Å². The number of halogens is 2. The van der Waals surface area contributed by atoms with Gasteiger partial charge in [-0.2, -0.15) is 4.68 Å². The number of hydrogen-bond donors (Lipinski definition) is 1. The Hall–Kier alpha value is -0.910. The van der Waals surface area contributed by atoms with Crippen LogP contribution in [0.3, 0.4) is 0 Å². The van der Waals surface area contributed by atoms with Crippen LogP contribution in [-0.4, -0.2) is 25.3 Å². The molecule has 0 aromatic carbocycles. The zero-order valence-corrected chi connectivity index (χ0v) is 6.97. The minimum absolute atomic E-state index is 0.0774. The Bertz CT molecular complexity index is 372. The van der Waals surface area contributed by atoms with Gasteiger partial charge in [0.15, 0.2) is 0 Å². The van der Waals surface area contributed by atoms with Crippen molar-refractivity contribution in [3.63, 3.8) is 0 Å². The lowest BCUT2D eigenvalue weighted by atomic mass is 10.3. The third kappa shape index (κ3) is 0.754. The summed E-state index contributed by atoms with van der Waals surface area (Å²) in [6.07, 6.45) is 0.0774. The van der Waals surface area contributed by atoms with E-state index in [1.807, 2.05) is 0 Å². The fraction of sp³-hybridized carbons (Fsp3) is 0.800. The molecule has 2 atom stereocenters. The van der Waals surface area contributed by atoms with E-state index in [4.69, 9.17) is 11.6 Å². The van der Waals surface area contributed by atoms with Crippen LogP contribution in [0.4, 0.5) is 4.39 Å². The molecule has 0 spiro atoms. The van der Waals surface area contributed by atoms with E-state index in [0.29, 0.717) is 0 Å². The Kier molecular flexibility index (Phi) is 1.21. The van der Waals surface area contributed by atoms with Crippen LogP contribution in [0.15, 0.2) is 4.79 Å². The zero-order valence-electron chi connectivity index (χ0n) is 6.21. The molecule has 1 aliphatic carbocycles. The van der Waals surface area contributed by atoms with Crippen molar-refractivity contribution < 1.29 is 4.39 Å². The third-order valence-corrected chi connectivity index (χ3v) is 2.71. The summed E-state index contributed by atoms with van der Waals surface area (Å²) < 4.78 is 14.0. The molecule has 2 unspecified atom stereocenters. The van der Waals surface area contributed by atoms with E-state index >= 15 is 0 Å². The summed E-state index contributed by atoms with van der Waals surface area (Å²) in [5.74, 6) is 0. The molecule has 1 heterocycles. The van der Waals surface area contributed by atoms with Crippen molar-refractivity contribution >= 4 is 11.6 Å². The largest absolute Gasteiger partial charge is 0.361 e. The average Bonchev–Trinajstić information content (AvgIpc) is 2.36. The van der Waals surface area contributed by atoms with E-state index in [2.05, 4.69) is 15.5 Å². The van der Waals surface area contributed by atoms with Crippen LogP contribution >= 0.6 is 11.6 Å². The quantitative estimate of drug-likeness (QED) is 0.637. The van der Waals surface area contributed by atoms with Gasteiger partial charge in [0.1, 0.15) is 5.54 Å². The molecule has 1 saturated carbocycles. The third-order valence-electron chi connectivity index (χ3n) is 2.17. The predicted molar refractivity (Wildman–Crippen MR) is 38.6 cm³/mol. The van der Waals surface area contributed by atoms with E-state index in [9.17, 15) is 9.18 Å². The average molecular weight is 193 g/mol. The smallest absolute Gasteiger partial charge is 0.244 e. The van der Waals surface area contributed by atoms with Crippen LogP contribution < -0.4 is 5.69 Å². The standard InChI is InChI=1S/C5H6ClFN4O/c1-4(2-5(4,6)7)11-3(12)8-9-10-11/h2H2,1H3,(H,8,10,12). The minimum atomic E-state index is -1.87. The maximum atomic E-state index is 13.1. The lowest BCUT2D eigenvalue weighted by Crippen LogP contribution is -2.31. The van der Waals surface area contributed by atoms with Gasteiger partial charge in [-0.25, -0.2) is 14.3 Å². The van der Waals surface area contributed by atoms with E-state index in [1.165, 1.54) is 6.92 Å². The maximum absolute atomic E-state index is 13.1. The summed E-state index contributed by atoms with van der Waals surface area (Å²) in [6, 6.07) is 0. The Labute approximate surface area is 71.5 Å². The molecule has 1 fully saturated rings. The highest BCUT2D eigenvalue weighted by atomic mass is 35.5. The normalized spacial score (nSPS) is 39.9. The SMILES string of the molecule is CC1(n2nn[nH]c2=O)CC1(F)Cl. The number of H-pyrrole nitrogens is 1. The second kappa shape index (κ2) is 1.87. The molecular formula is C5H6ClFN4O. The summed E-state index contributed by atoms with van der Waals surface area (Å²) in [4.78, 5) is 11.0. The Morgan fingerprint density at radius 1 is 1.83 bits per heavy atom. The van der Waals surface area contributed by atoms with Gasteiger partial charge in [-0.05, 0) is 17.4 Å². The molecule has 0 radical (unpaired) electrons. The van der Waals surface area contributed by atoms with Gasteiger partial charge in [-0.1, -0.05) is 11.6 Å². The number of alkyl halides is 2. The van der Waals surface area contributed by atoms with Crippen LogP contribution in [0.1, 0.15) is 13.3 Å². The lowest BCUT2D eigenvalue weighted by Gasteiger charge is -2.07. The maximum Gasteiger partial charge on any atom is 0.361 e. The van der Waals surface area contributed by atoms with Gasteiger partial charge in [-0.15, -0.1) is 0 Å². The van der Waals surface area contributed by atoms with Gasteiger partial charge >= 0.3 is 5.69 Å². The predicted octanol–water partition coefficient (Wildman–Crippen LogP) is -0.0101. The van der Waals surface area contributed by atoms with E-state index in [-0.39, 0.29) is 6.42 Å². The minimum Gasteiger partial charge on any atom is -0.244 e. The first kappa shape index (κ1) is 7.72. The number of aromatic amines is 1. The first-order chi connectivity index (χ1) is 5.47. The van der Waals surface area contributed by atoms with Crippen molar-refractivity contribution in [2.24, 2.45) is 0 Å². The van der Waals surface area contributed by atoms with Crippen LogP contribution in [0, 0.1) is 0 Å². The van der Waals surface area contributed by atoms with Gasteiger partial charge in [0.05, 0.1) is 0 Å². The van der Waals surface area contributed by atoms with Gasteiger partial charge in [0.25, 0.3) is 0 Å². The van der Waals surface area contributed by atoms with E-state index in [1.54, 1.807) is 0 Å². The Balaban J connectivity index is 2.47. The first-order valence-corrected chi connectivity index (χ1v) is 3.74. The summed E-state index contributed by atoms with van der Waals surface area (Å²) in [5.41, 5.74) is -1.59. The summed E-state index contributed by atoms with van der Waals surface area (Å²) >= 11 is 5.40.